The van der Waals surface area contributed by atoms with Gasteiger partial charge in [-0.05, 0) is 24.2 Å². The van der Waals surface area contributed by atoms with Crippen molar-refractivity contribution in [2.75, 3.05) is 6.54 Å². The van der Waals surface area contributed by atoms with E-state index in [-0.39, 0.29) is 6.04 Å². The molecule has 4 heteroatoms. The molecule has 0 aliphatic carbocycles. The topological polar surface area (TPSA) is 29.9 Å². The minimum absolute atomic E-state index is 0.146. The van der Waals surface area contributed by atoms with Gasteiger partial charge in [-0.25, -0.2) is 4.98 Å². The van der Waals surface area contributed by atoms with Gasteiger partial charge in [0.2, 0.25) is 0 Å². The molecule has 0 fully saturated rings. The fraction of sp³-hybridized carbons (Fsp3) is 0.308. The minimum Gasteiger partial charge on any atom is -0.336 e. The summed E-state index contributed by atoms with van der Waals surface area (Å²) in [6.45, 7) is 3.02. The van der Waals surface area contributed by atoms with Crippen LogP contribution in [0.2, 0.25) is 0 Å². The molecule has 0 saturated heterocycles. The fourth-order valence-electron chi connectivity index (χ4n) is 1.87. The number of nitrogens with zero attached hydrogens (tertiary/aromatic N) is 2. The molecule has 1 N–H and O–H groups in total. The molecule has 0 saturated carbocycles. The summed E-state index contributed by atoms with van der Waals surface area (Å²) in [4.78, 5) is 4.42. The Morgan fingerprint density at radius 2 is 2.06 bits per heavy atom. The molecule has 2 aromatic rings. The summed E-state index contributed by atoms with van der Waals surface area (Å²) in [5.74, 6) is 1.04. The summed E-state index contributed by atoms with van der Waals surface area (Å²) < 4.78 is 3.14. The van der Waals surface area contributed by atoms with Crippen molar-refractivity contribution in [3.63, 3.8) is 0 Å². The molecule has 0 aliphatic heterocycles. The van der Waals surface area contributed by atoms with E-state index in [1.54, 1.807) is 0 Å². The van der Waals surface area contributed by atoms with E-state index < -0.39 is 0 Å². The first-order chi connectivity index (χ1) is 8.22. The lowest BCUT2D eigenvalue weighted by atomic mass is 10.1. The van der Waals surface area contributed by atoms with Crippen molar-refractivity contribution in [1.82, 2.24) is 14.9 Å². The van der Waals surface area contributed by atoms with Crippen LogP contribution in [-0.2, 0) is 7.05 Å². The van der Waals surface area contributed by atoms with Crippen molar-refractivity contribution in [1.29, 1.82) is 0 Å². The maximum Gasteiger partial charge on any atom is 0.130 e. The monoisotopic (exact) mass is 293 g/mol. The van der Waals surface area contributed by atoms with Crippen molar-refractivity contribution < 1.29 is 0 Å². The van der Waals surface area contributed by atoms with Gasteiger partial charge in [0, 0.05) is 23.9 Å². The van der Waals surface area contributed by atoms with Crippen LogP contribution in [0.15, 0.2) is 41.1 Å². The van der Waals surface area contributed by atoms with Crippen LogP contribution in [0.1, 0.15) is 24.4 Å². The Kier molecular flexibility index (Phi) is 3.97. The van der Waals surface area contributed by atoms with Crippen molar-refractivity contribution in [2.24, 2.45) is 7.05 Å². The van der Waals surface area contributed by atoms with E-state index in [1.807, 2.05) is 19.4 Å². The molecular weight excluding hydrogens is 278 g/mol. The summed E-state index contributed by atoms with van der Waals surface area (Å²) in [7, 11) is 2.02. The number of halogens is 1. The highest BCUT2D eigenvalue weighted by atomic mass is 79.9. The van der Waals surface area contributed by atoms with Gasteiger partial charge in [-0.1, -0.05) is 35.0 Å². The van der Waals surface area contributed by atoms with E-state index in [9.17, 15) is 0 Å². The molecule has 1 unspecified atom stereocenters. The van der Waals surface area contributed by atoms with Gasteiger partial charge in [-0.2, -0.15) is 0 Å². The van der Waals surface area contributed by atoms with Gasteiger partial charge in [-0.15, -0.1) is 0 Å². The third-order valence-corrected chi connectivity index (χ3v) is 3.26. The van der Waals surface area contributed by atoms with E-state index in [2.05, 4.69) is 62.0 Å². The van der Waals surface area contributed by atoms with Crippen LogP contribution in [0.4, 0.5) is 0 Å². The lowest BCUT2D eigenvalue weighted by Gasteiger charge is -2.18. The number of rotatable bonds is 4. The highest BCUT2D eigenvalue weighted by Crippen LogP contribution is 2.22. The predicted molar refractivity (Wildman–Crippen MR) is 72.9 cm³/mol. The number of aryl methyl sites for hydroxylation is 1. The second-order valence-corrected chi connectivity index (χ2v) is 4.85. The Hall–Kier alpha value is -1.13. The third-order valence-electron chi connectivity index (χ3n) is 2.73. The van der Waals surface area contributed by atoms with E-state index in [0.29, 0.717) is 0 Å². The predicted octanol–water partition coefficient (Wildman–Crippen LogP) is 2.88. The zero-order valence-corrected chi connectivity index (χ0v) is 11.6. The Balaban J connectivity index is 2.35. The van der Waals surface area contributed by atoms with E-state index in [0.717, 1.165) is 16.8 Å². The van der Waals surface area contributed by atoms with Crippen LogP contribution in [0.25, 0.3) is 0 Å². The number of nitrogens with one attached hydrogen (secondary N) is 1. The first-order valence-electron chi connectivity index (χ1n) is 5.68. The van der Waals surface area contributed by atoms with Gasteiger partial charge in [0.05, 0.1) is 6.04 Å². The lowest BCUT2D eigenvalue weighted by molar-refractivity contribution is 0.577. The SMILES string of the molecule is CCNC(c1ccc(Br)cc1)c1nccn1C. The smallest absolute Gasteiger partial charge is 0.130 e. The molecule has 1 atom stereocenters. The molecule has 0 radical (unpaired) electrons. The average Bonchev–Trinajstić information content (AvgIpc) is 2.74. The standard InChI is InChI=1S/C13H16BrN3/c1-3-15-12(13-16-8-9-17(13)2)10-4-6-11(14)7-5-10/h4-9,12,15H,3H2,1-2H3. The number of benzene rings is 1. The summed E-state index contributed by atoms with van der Waals surface area (Å²) in [5.41, 5.74) is 1.23. The lowest BCUT2D eigenvalue weighted by Crippen LogP contribution is -2.24. The molecule has 0 aliphatic rings. The van der Waals surface area contributed by atoms with Crippen molar-refractivity contribution in [2.45, 2.75) is 13.0 Å². The zero-order chi connectivity index (χ0) is 12.3. The Bertz CT molecular complexity index is 476. The van der Waals surface area contributed by atoms with Crippen LogP contribution in [0, 0.1) is 0 Å². The second kappa shape index (κ2) is 5.47. The molecular formula is C13H16BrN3. The van der Waals surface area contributed by atoms with E-state index in [4.69, 9.17) is 0 Å². The van der Waals surface area contributed by atoms with Crippen LogP contribution in [0.5, 0.6) is 0 Å². The molecule has 1 heterocycles. The summed E-state index contributed by atoms with van der Waals surface area (Å²) in [5, 5.41) is 3.46. The van der Waals surface area contributed by atoms with Crippen molar-refractivity contribution in [3.05, 3.63) is 52.5 Å². The first-order valence-corrected chi connectivity index (χ1v) is 6.47. The van der Waals surface area contributed by atoms with Crippen LogP contribution < -0.4 is 5.32 Å². The largest absolute Gasteiger partial charge is 0.336 e. The van der Waals surface area contributed by atoms with E-state index >= 15 is 0 Å². The normalized spacial score (nSPS) is 12.6. The van der Waals surface area contributed by atoms with Crippen LogP contribution in [0.3, 0.4) is 0 Å². The van der Waals surface area contributed by atoms with Gasteiger partial charge in [0.1, 0.15) is 5.82 Å². The minimum atomic E-state index is 0.146. The number of aromatic nitrogens is 2. The quantitative estimate of drug-likeness (QED) is 0.939. The Labute approximate surface area is 110 Å². The molecule has 1 aromatic carbocycles. The molecule has 1 aromatic heterocycles. The van der Waals surface area contributed by atoms with Gasteiger partial charge < -0.3 is 9.88 Å². The third kappa shape index (κ3) is 2.76. The molecule has 17 heavy (non-hydrogen) atoms. The van der Waals surface area contributed by atoms with Gasteiger partial charge >= 0.3 is 0 Å². The van der Waals surface area contributed by atoms with Crippen LogP contribution >= 0.6 is 15.9 Å². The van der Waals surface area contributed by atoms with Gasteiger partial charge in [-0.3, -0.25) is 0 Å². The number of hydrogen-bond donors (Lipinski definition) is 1. The molecule has 2 rings (SSSR count). The summed E-state index contributed by atoms with van der Waals surface area (Å²) in [6.07, 6.45) is 3.80. The maximum atomic E-state index is 4.42. The highest BCUT2D eigenvalue weighted by molar-refractivity contribution is 9.10. The maximum absolute atomic E-state index is 4.42. The summed E-state index contributed by atoms with van der Waals surface area (Å²) >= 11 is 3.46. The molecule has 0 spiro atoms. The molecule has 0 amide bonds. The second-order valence-electron chi connectivity index (χ2n) is 3.94. The van der Waals surface area contributed by atoms with Crippen molar-refractivity contribution in [3.8, 4) is 0 Å². The number of imidazole rings is 1. The summed E-state index contributed by atoms with van der Waals surface area (Å²) in [6, 6.07) is 8.50. The highest BCUT2D eigenvalue weighted by Gasteiger charge is 2.16. The average molecular weight is 294 g/mol. The van der Waals surface area contributed by atoms with Crippen LogP contribution in [-0.4, -0.2) is 16.1 Å². The fourth-order valence-corrected chi connectivity index (χ4v) is 2.14. The Morgan fingerprint density at radius 3 is 2.59 bits per heavy atom. The molecule has 0 bridgehead atoms. The molecule has 3 nitrogen and oxygen atoms in total. The molecule has 90 valence electrons. The van der Waals surface area contributed by atoms with Gasteiger partial charge in [0.15, 0.2) is 0 Å². The van der Waals surface area contributed by atoms with E-state index in [1.165, 1.54) is 5.56 Å². The van der Waals surface area contributed by atoms with Gasteiger partial charge in [0.25, 0.3) is 0 Å². The Morgan fingerprint density at radius 1 is 1.35 bits per heavy atom. The zero-order valence-electron chi connectivity index (χ0n) is 10.0. The number of hydrogen-bond acceptors (Lipinski definition) is 2. The van der Waals surface area contributed by atoms with Crippen molar-refractivity contribution >= 4 is 15.9 Å². The first kappa shape index (κ1) is 12.3.